The molecule has 0 aliphatic carbocycles. The molecule has 3 nitrogen and oxygen atoms in total. The first kappa shape index (κ1) is 17.3. The van der Waals surface area contributed by atoms with Crippen molar-refractivity contribution < 1.29 is 9.59 Å². The van der Waals surface area contributed by atoms with Crippen LogP contribution in [0.2, 0.25) is 0 Å². The molecule has 0 fully saturated rings. The molecule has 0 aliphatic rings. The normalized spacial score (nSPS) is 10.4. The van der Waals surface area contributed by atoms with E-state index in [0.717, 1.165) is 5.75 Å². The number of carbonyl (C=O) groups is 2. The number of anilines is 1. The summed E-state index contributed by atoms with van der Waals surface area (Å²) in [6, 6.07) is 13.4. The fourth-order valence-electron chi connectivity index (χ4n) is 2.43. The number of aryl methyl sites for hydroxylation is 2. The van der Waals surface area contributed by atoms with Crippen LogP contribution < -0.4 is 5.32 Å². The average Bonchev–Trinajstić information content (AvgIpc) is 2.46. The van der Waals surface area contributed by atoms with Gasteiger partial charge in [-0.1, -0.05) is 41.5 Å². The zero-order chi connectivity index (χ0) is 16.8. The lowest BCUT2D eigenvalue weighted by Gasteiger charge is -2.07. The van der Waals surface area contributed by atoms with E-state index in [1.807, 2.05) is 0 Å². The Bertz CT molecular complexity index is 705. The van der Waals surface area contributed by atoms with Gasteiger partial charge in [0.25, 0.3) is 0 Å². The smallest absolute Gasteiger partial charge is 0.234 e. The monoisotopic (exact) mass is 327 g/mol. The van der Waals surface area contributed by atoms with Crippen molar-refractivity contribution in [3.05, 3.63) is 64.7 Å². The van der Waals surface area contributed by atoms with Gasteiger partial charge in [-0.15, -0.1) is 11.8 Å². The third kappa shape index (κ3) is 5.57. The van der Waals surface area contributed by atoms with Crippen LogP contribution in [0.4, 0.5) is 5.69 Å². The summed E-state index contributed by atoms with van der Waals surface area (Å²) in [5, 5.41) is 2.83. The van der Waals surface area contributed by atoms with E-state index in [1.165, 1.54) is 23.6 Å². The van der Waals surface area contributed by atoms with Gasteiger partial charge in [-0.3, -0.25) is 9.59 Å². The molecule has 0 aromatic heterocycles. The first-order chi connectivity index (χ1) is 10.9. The molecule has 0 bridgehead atoms. The quantitative estimate of drug-likeness (QED) is 0.801. The lowest BCUT2D eigenvalue weighted by molar-refractivity contribution is -0.113. The van der Waals surface area contributed by atoms with Gasteiger partial charge in [-0.2, -0.15) is 0 Å². The van der Waals surface area contributed by atoms with Crippen LogP contribution >= 0.6 is 11.8 Å². The summed E-state index contributed by atoms with van der Waals surface area (Å²) in [6.45, 7) is 5.67. The molecule has 0 saturated heterocycles. The third-order valence-corrected chi connectivity index (χ3v) is 4.34. The Labute approximate surface area is 141 Å². The maximum atomic E-state index is 12.0. The summed E-state index contributed by atoms with van der Waals surface area (Å²) in [5.74, 6) is 1.13. The molecule has 2 rings (SSSR count). The summed E-state index contributed by atoms with van der Waals surface area (Å²) in [4.78, 5) is 23.4. The van der Waals surface area contributed by atoms with E-state index >= 15 is 0 Å². The lowest BCUT2D eigenvalue weighted by atomic mass is 10.1. The van der Waals surface area contributed by atoms with Crippen molar-refractivity contribution in [1.29, 1.82) is 0 Å². The molecule has 0 radical (unpaired) electrons. The van der Waals surface area contributed by atoms with E-state index in [-0.39, 0.29) is 11.7 Å². The Hall–Kier alpha value is -2.07. The highest BCUT2D eigenvalue weighted by molar-refractivity contribution is 7.99. The number of hydrogen-bond donors (Lipinski definition) is 1. The van der Waals surface area contributed by atoms with Crippen molar-refractivity contribution in [2.75, 3.05) is 11.1 Å². The molecule has 120 valence electrons. The number of Topliss-reactive ketones (excluding diaryl/α,β-unsaturated/α-hetero) is 1. The fourth-order valence-corrected chi connectivity index (χ4v) is 3.19. The molecule has 0 unspecified atom stereocenters. The van der Waals surface area contributed by atoms with Gasteiger partial charge in [-0.05, 0) is 38.5 Å². The first-order valence-electron chi connectivity index (χ1n) is 7.50. The number of rotatable bonds is 6. The minimum absolute atomic E-state index is 0.00899. The minimum Gasteiger partial charge on any atom is -0.325 e. The van der Waals surface area contributed by atoms with Crippen molar-refractivity contribution in [1.82, 2.24) is 0 Å². The summed E-state index contributed by atoms with van der Waals surface area (Å²) in [5.41, 5.74) is 4.98. The first-order valence-corrected chi connectivity index (χ1v) is 8.65. The molecular formula is C19H21NO2S. The van der Waals surface area contributed by atoms with Gasteiger partial charge in [0.15, 0.2) is 5.78 Å². The van der Waals surface area contributed by atoms with Crippen LogP contribution in [0.1, 0.15) is 34.0 Å². The van der Waals surface area contributed by atoms with Gasteiger partial charge in [0.05, 0.1) is 5.75 Å². The zero-order valence-corrected chi connectivity index (χ0v) is 14.5. The second kappa shape index (κ2) is 7.97. The molecule has 23 heavy (non-hydrogen) atoms. The zero-order valence-electron chi connectivity index (χ0n) is 13.7. The van der Waals surface area contributed by atoms with E-state index < -0.39 is 0 Å². The van der Waals surface area contributed by atoms with Gasteiger partial charge >= 0.3 is 0 Å². The van der Waals surface area contributed by atoms with Gasteiger partial charge in [-0.25, -0.2) is 0 Å². The number of ketones is 1. The fraction of sp³-hybridized carbons (Fsp3) is 0.263. The van der Waals surface area contributed by atoms with Crippen molar-refractivity contribution in [3.63, 3.8) is 0 Å². The highest BCUT2D eigenvalue weighted by Gasteiger charge is 2.06. The van der Waals surface area contributed by atoms with E-state index in [1.54, 1.807) is 36.0 Å². The Morgan fingerprint density at radius 1 is 1.04 bits per heavy atom. The van der Waals surface area contributed by atoms with Crippen LogP contribution in [0.15, 0.2) is 42.5 Å². The number of thioether (sulfide) groups is 1. The third-order valence-electron chi connectivity index (χ3n) is 3.34. The summed E-state index contributed by atoms with van der Waals surface area (Å²) in [6.07, 6.45) is 0. The van der Waals surface area contributed by atoms with Crippen molar-refractivity contribution >= 4 is 29.1 Å². The maximum absolute atomic E-state index is 12.0. The summed E-state index contributed by atoms with van der Waals surface area (Å²) >= 11 is 1.58. The van der Waals surface area contributed by atoms with Gasteiger partial charge in [0, 0.05) is 17.0 Å². The van der Waals surface area contributed by atoms with Crippen molar-refractivity contribution in [2.24, 2.45) is 0 Å². The minimum atomic E-state index is -0.0555. The number of nitrogens with one attached hydrogen (secondary N) is 1. The molecule has 0 atom stereocenters. The van der Waals surface area contributed by atoms with Crippen molar-refractivity contribution in [3.8, 4) is 0 Å². The van der Waals surface area contributed by atoms with Crippen LogP contribution in [-0.2, 0) is 10.5 Å². The van der Waals surface area contributed by atoms with Crippen LogP contribution in [-0.4, -0.2) is 17.4 Å². The number of amides is 1. The van der Waals surface area contributed by atoms with Crippen LogP contribution in [0.25, 0.3) is 0 Å². The number of benzene rings is 2. The van der Waals surface area contributed by atoms with Gasteiger partial charge < -0.3 is 5.32 Å². The van der Waals surface area contributed by atoms with E-state index in [4.69, 9.17) is 0 Å². The highest BCUT2D eigenvalue weighted by atomic mass is 32.2. The Balaban J connectivity index is 1.85. The SMILES string of the molecule is CC(=O)c1cccc(NC(=O)CSCc2cc(C)cc(C)c2)c1. The Morgan fingerprint density at radius 2 is 1.74 bits per heavy atom. The van der Waals surface area contributed by atoms with Crippen LogP contribution in [0.5, 0.6) is 0 Å². The molecule has 0 aliphatic heterocycles. The molecule has 1 amide bonds. The predicted molar refractivity (Wildman–Crippen MR) is 97.2 cm³/mol. The second-order valence-electron chi connectivity index (χ2n) is 5.67. The Morgan fingerprint density at radius 3 is 2.39 bits per heavy atom. The summed E-state index contributed by atoms with van der Waals surface area (Å²) in [7, 11) is 0. The van der Waals surface area contributed by atoms with Crippen LogP contribution in [0, 0.1) is 13.8 Å². The largest absolute Gasteiger partial charge is 0.325 e. The molecule has 1 N–H and O–H groups in total. The van der Waals surface area contributed by atoms with Gasteiger partial charge in [0.1, 0.15) is 0 Å². The molecule has 0 spiro atoms. The Kier molecular flexibility index (Phi) is 5.99. The molecule has 4 heteroatoms. The topological polar surface area (TPSA) is 46.2 Å². The summed E-state index contributed by atoms with van der Waals surface area (Å²) < 4.78 is 0. The van der Waals surface area contributed by atoms with E-state index in [2.05, 4.69) is 37.4 Å². The highest BCUT2D eigenvalue weighted by Crippen LogP contribution is 2.17. The number of hydrogen-bond acceptors (Lipinski definition) is 3. The molecule has 2 aromatic rings. The van der Waals surface area contributed by atoms with E-state index in [9.17, 15) is 9.59 Å². The average molecular weight is 327 g/mol. The molecule has 0 saturated carbocycles. The van der Waals surface area contributed by atoms with Crippen LogP contribution in [0.3, 0.4) is 0 Å². The molecule has 0 heterocycles. The number of carbonyl (C=O) groups excluding carboxylic acids is 2. The lowest BCUT2D eigenvalue weighted by Crippen LogP contribution is -2.14. The molecule has 2 aromatic carbocycles. The molecular weight excluding hydrogens is 306 g/mol. The maximum Gasteiger partial charge on any atom is 0.234 e. The predicted octanol–water partition coefficient (Wildman–Crippen LogP) is 4.38. The standard InChI is InChI=1S/C19H21NO2S/c1-13-7-14(2)9-16(8-13)11-23-12-19(22)20-18-6-4-5-17(10-18)15(3)21/h4-10H,11-12H2,1-3H3,(H,20,22). The van der Waals surface area contributed by atoms with E-state index in [0.29, 0.717) is 17.0 Å². The second-order valence-corrected chi connectivity index (χ2v) is 6.66. The van der Waals surface area contributed by atoms with Crippen molar-refractivity contribution in [2.45, 2.75) is 26.5 Å². The van der Waals surface area contributed by atoms with Gasteiger partial charge in [0.2, 0.25) is 5.91 Å².